The lowest BCUT2D eigenvalue weighted by Crippen LogP contribution is -2.39. The molecular weight excluding hydrogens is 500 g/mol. The van der Waals surface area contributed by atoms with E-state index in [1.54, 1.807) is 48.5 Å². The third kappa shape index (κ3) is 9.39. The summed E-state index contributed by atoms with van der Waals surface area (Å²) in [5.41, 5.74) is 3.34. The van der Waals surface area contributed by atoms with Gasteiger partial charge >= 0.3 is 0 Å². The zero-order chi connectivity index (χ0) is 26.7. The Morgan fingerprint density at radius 2 is 1.76 bits per heavy atom. The largest absolute Gasteiger partial charge is 0.494 e. The molecule has 2 amide bonds. The van der Waals surface area contributed by atoms with Gasteiger partial charge in [-0.25, -0.2) is 13.8 Å². The molecule has 2 aromatic rings. The number of hydrogen-bond donors (Lipinski definition) is 2. The molecule has 200 valence electrons. The van der Waals surface area contributed by atoms with Crippen molar-refractivity contribution >= 4 is 33.7 Å². The maximum Gasteiger partial charge on any atom is 0.260 e. The molecule has 1 aliphatic rings. The number of nitrogens with one attached hydrogen (secondary N) is 2. The Morgan fingerprint density at radius 1 is 1.08 bits per heavy atom. The topological polar surface area (TPSA) is 136 Å². The highest BCUT2D eigenvalue weighted by Gasteiger charge is 2.21. The molecule has 0 spiro atoms. The van der Waals surface area contributed by atoms with Gasteiger partial charge in [-0.05, 0) is 73.9 Å². The van der Waals surface area contributed by atoms with Crippen molar-refractivity contribution in [1.82, 2.24) is 10.7 Å². The predicted molar refractivity (Wildman–Crippen MR) is 139 cm³/mol. The van der Waals surface area contributed by atoms with E-state index in [4.69, 9.17) is 14.2 Å². The van der Waals surface area contributed by atoms with E-state index in [0.29, 0.717) is 35.9 Å². The number of rotatable bonds is 13. The van der Waals surface area contributed by atoms with Crippen molar-refractivity contribution in [2.24, 2.45) is 5.10 Å². The molecular formula is C25H32N4O7S. The van der Waals surface area contributed by atoms with Crippen LogP contribution in [0.5, 0.6) is 11.5 Å². The summed E-state index contributed by atoms with van der Waals surface area (Å²) in [5.74, 6) is 0.275. The number of carbonyl (C=O) groups excluding carboxylic acids is 2. The lowest BCUT2D eigenvalue weighted by Gasteiger charge is -2.21. The van der Waals surface area contributed by atoms with Gasteiger partial charge in [-0.2, -0.15) is 5.10 Å². The van der Waals surface area contributed by atoms with E-state index in [-0.39, 0.29) is 18.6 Å². The van der Waals surface area contributed by atoms with Crippen LogP contribution < -0.4 is 24.5 Å². The van der Waals surface area contributed by atoms with Crippen LogP contribution in [-0.4, -0.2) is 71.7 Å². The fraction of sp³-hybridized carbons (Fsp3) is 0.400. The second kappa shape index (κ2) is 13.6. The number of sulfonamides is 1. The van der Waals surface area contributed by atoms with Gasteiger partial charge < -0.3 is 19.5 Å². The Balaban J connectivity index is 1.45. The van der Waals surface area contributed by atoms with Crippen LogP contribution in [0.4, 0.5) is 5.69 Å². The van der Waals surface area contributed by atoms with Crippen LogP contribution in [0.3, 0.4) is 0 Å². The van der Waals surface area contributed by atoms with E-state index in [0.717, 1.165) is 30.0 Å². The van der Waals surface area contributed by atoms with Gasteiger partial charge in [-0.3, -0.25) is 13.9 Å². The summed E-state index contributed by atoms with van der Waals surface area (Å²) in [6, 6.07) is 13.2. The standard InChI is InChI=1S/C25H32N4O7S/c1-3-34-21-12-8-20(9-13-21)29(37(2,32)33)17-24(30)28-27-15-19-6-10-22(11-7-19)36-18-25(31)26-16-23-5-4-14-35-23/h6-13,15,23H,3-5,14,16-18H2,1-2H3,(H,26,31)(H,28,30)/b27-15-/t23-/m1/s1. The van der Waals surface area contributed by atoms with E-state index in [2.05, 4.69) is 15.8 Å². The summed E-state index contributed by atoms with van der Waals surface area (Å²) < 4.78 is 41.8. The minimum Gasteiger partial charge on any atom is -0.494 e. The van der Waals surface area contributed by atoms with Crippen LogP contribution in [0, 0.1) is 0 Å². The first-order valence-electron chi connectivity index (χ1n) is 11.9. The average Bonchev–Trinajstić information content (AvgIpc) is 3.39. The number of hydrazone groups is 1. The summed E-state index contributed by atoms with van der Waals surface area (Å²) in [6.07, 6.45) is 4.47. The van der Waals surface area contributed by atoms with Gasteiger partial charge in [0.15, 0.2) is 6.61 Å². The molecule has 0 bridgehead atoms. The highest BCUT2D eigenvalue weighted by molar-refractivity contribution is 7.92. The number of hydrogen-bond acceptors (Lipinski definition) is 8. The summed E-state index contributed by atoms with van der Waals surface area (Å²) in [7, 11) is -3.71. The maximum atomic E-state index is 12.4. The summed E-state index contributed by atoms with van der Waals surface area (Å²) in [5, 5.41) is 6.68. The zero-order valence-electron chi connectivity index (χ0n) is 20.9. The highest BCUT2D eigenvalue weighted by Crippen LogP contribution is 2.21. The fourth-order valence-electron chi connectivity index (χ4n) is 3.50. The molecule has 1 saturated heterocycles. The molecule has 2 N–H and O–H groups in total. The minimum absolute atomic E-state index is 0.0738. The second-order valence-corrected chi connectivity index (χ2v) is 10.2. The van der Waals surface area contributed by atoms with Gasteiger partial charge in [0.25, 0.3) is 11.8 Å². The number of amides is 2. The third-order valence-corrected chi connectivity index (χ3v) is 6.47. The van der Waals surface area contributed by atoms with E-state index >= 15 is 0 Å². The van der Waals surface area contributed by atoms with Gasteiger partial charge in [0.2, 0.25) is 10.0 Å². The lowest BCUT2D eigenvalue weighted by molar-refractivity contribution is -0.123. The Hall–Kier alpha value is -3.64. The number of carbonyl (C=O) groups is 2. The second-order valence-electron chi connectivity index (χ2n) is 8.29. The Labute approximate surface area is 216 Å². The Bertz CT molecular complexity index is 1160. The summed E-state index contributed by atoms with van der Waals surface area (Å²) in [6.45, 7) is 3.00. The van der Waals surface area contributed by atoms with Gasteiger partial charge in [0, 0.05) is 13.2 Å². The lowest BCUT2D eigenvalue weighted by atomic mass is 10.2. The molecule has 11 nitrogen and oxygen atoms in total. The van der Waals surface area contributed by atoms with Crippen LogP contribution in [-0.2, 0) is 24.3 Å². The van der Waals surface area contributed by atoms with Crippen LogP contribution in [0.1, 0.15) is 25.3 Å². The molecule has 1 fully saturated rings. The molecule has 2 aromatic carbocycles. The fourth-order valence-corrected chi connectivity index (χ4v) is 4.36. The minimum atomic E-state index is -3.71. The van der Waals surface area contributed by atoms with Crippen molar-refractivity contribution in [3.63, 3.8) is 0 Å². The van der Waals surface area contributed by atoms with Crippen molar-refractivity contribution in [3.05, 3.63) is 54.1 Å². The van der Waals surface area contributed by atoms with E-state index < -0.39 is 22.5 Å². The molecule has 0 aliphatic carbocycles. The normalized spacial score (nSPS) is 15.4. The maximum absolute atomic E-state index is 12.4. The highest BCUT2D eigenvalue weighted by atomic mass is 32.2. The number of nitrogens with zero attached hydrogens (tertiary/aromatic N) is 2. The zero-order valence-corrected chi connectivity index (χ0v) is 21.7. The van der Waals surface area contributed by atoms with Crippen molar-refractivity contribution < 1.29 is 32.2 Å². The monoisotopic (exact) mass is 532 g/mol. The van der Waals surface area contributed by atoms with Crippen LogP contribution in [0.15, 0.2) is 53.6 Å². The SMILES string of the molecule is CCOc1ccc(N(CC(=O)N/N=C\c2ccc(OCC(=O)NC[C@H]3CCCO3)cc2)S(C)(=O)=O)cc1. The molecule has 0 aromatic heterocycles. The first-order valence-corrected chi connectivity index (χ1v) is 13.7. The summed E-state index contributed by atoms with van der Waals surface area (Å²) >= 11 is 0. The third-order valence-electron chi connectivity index (χ3n) is 5.33. The van der Waals surface area contributed by atoms with Crippen molar-refractivity contribution in [2.75, 3.05) is 43.5 Å². The molecule has 1 atom stereocenters. The molecule has 0 unspecified atom stereocenters. The van der Waals surface area contributed by atoms with Crippen LogP contribution in [0.25, 0.3) is 0 Å². The molecule has 0 saturated carbocycles. The molecule has 3 rings (SSSR count). The van der Waals surface area contributed by atoms with Crippen LogP contribution in [0.2, 0.25) is 0 Å². The number of benzene rings is 2. The van der Waals surface area contributed by atoms with Crippen molar-refractivity contribution in [2.45, 2.75) is 25.9 Å². The quantitative estimate of drug-likeness (QED) is 0.296. The molecule has 37 heavy (non-hydrogen) atoms. The van der Waals surface area contributed by atoms with E-state index in [1.165, 1.54) is 6.21 Å². The smallest absolute Gasteiger partial charge is 0.260 e. The van der Waals surface area contributed by atoms with Gasteiger partial charge in [0.05, 0.1) is 30.9 Å². The Kier molecular flexibility index (Phi) is 10.3. The van der Waals surface area contributed by atoms with E-state index in [1.807, 2.05) is 6.92 Å². The Morgan fingerprint density at radius 3 is 2.38 bits per heavy atom. The first-order chi connectivity index (χ1) is 17.7. The van der Waals surface area contributed by atoms with Crippen LogP contribution >= 0.6 is 0 Å². The van der Waals surface area contributed by atoms with Gasteiger partial charge in [-0.1, -0.05) is 0 Å². The van der Waals surface area contributed by atoms with Gasteiger partial charge in [-0.15, -0.1) is 0 Å². The molecule has 12 heteroatoms. The number of ether oxygens (including phenoxy) is 3. The first kappa shape index (κ1) is 27.9. The van der Waals surface area contributed by atoms with Gasteiger partial charge in [0.1, 0.15) is 18.0 Å². The molecule has 0 radical (unpaired) electrons. The summed E-state index contributed by atoms with van der Waals surface area (Å²) in [4.78, 5) is 24.3. The molecule has 1 heterocycles. The predicted octanol–water partition coefficient (Wildman–Crippen LogP) is 1.68. The number of anilines is 1. The van der Waals surface area contributed by atoms with Crippen molar-refractivity contribution in [3.8, 4) is 11.5 Å². The van der Waals surface area contributed by atoms with E-state index in [9.17, 15) is 18.0 Å². The molecule has 1 aliphatic heterocycles. The van der Waals surface area contributed by atoms with Crippen molar-refractivity contribution in [1.29, 1.82) is 0 Å². The average molecular weight is 533 g/mol.